The molecule has 1 aliphatic carbocycles. The highest BCUT2D eigenvalue weighted by Gasteiger charge is 2.31. The smallest absolute Gasteiger partial charge is 0.0540 e. The van der Waals surface area contributed by atoms with E-state index in [1.165, 1.54) is 30.5 Å². The van der Waals surface area contributed by atoms with E-state index in [4.69, 9.17) is 0 Å². The molecule has 2 atom stereocenters. The summed E-state index contributed by atoms with van der Waals surface area (Å²) in [7, 11) is 2.00. The van der Waals surface area contributed by atoms with E-state index in [1.54, 1.807) is 0 Å². The summed E-state index contributed by atoms with van der Waals surface area (Å²) in [5.41, 5.74) is 3.11. The molecule has 0 radical (unpaired) electrons. The van der Waals surface area contributed by atoms with E-state index in [1.807, 2.05) is 17.9 Å². The Kier molecular flexibility index (Phi) is 3.30. The molecule has 96 valence electrons. The number of aromatic nitrogens is 2. The molecule has 1 heterocycles. The second kappa shape index (κ2) is 4.45. The van der Waals surface area contributed by atoms with E-state index < -0.39 is 0 Å². The lowest BCUT2D eigenvalue weighted by Crippen LogP contribution is -2.30. The fourth-order valence-corrected chi connectivity index (χ4v) is 2.96. The van der Waals surface area contributed by atoms with Crippen molar-refractivity contribution in [3.8, 4) is 0 Å². The summed E-state index contributed by atoms with van der Waals surface area (Å²) in [5, 5.41) is 8.07. The molecule has 1 aliphatic rings. The molecule has 3 heteroatoms. The molecule has 1 saturated carbocycles. The van der Waals surface area contributed by atoms with E-state index in [0.29, 0.717) is 17.5 Å². The van der Waals surface area contributed by atoms with Crippen molar-refractivity contribution >= 4 is 0 Å². The predicted octanol–water partition coefficient (Wildman–Crippen LogP) is 2.96. The van der Waals surface area contributed by atoms with Crippen molar-refractivity contribution in [3.63, 3.8) is 0 Å². The Bertz CT molecular complexity index is 392. The Morgan fingerprint density at radius 2 is 2.24 bits per heavy atom. The zero-order valence-corrected chi connectivity index (χ0v) is 11.7. The number of hydrogen-bond acceptors (Lipinski definition) is 2. The summed E-state index contributed by atoms with van der Waals surface area (Å²) in [6, 6.07) is 1.07. The van der Waals surface area contributed by atoms with Gasteiger partial charge in [0.2, 0.25) is 0 Å². The van der Waals surface area contributed by atoms with Crippen LogP contribution in [0.1, 0.15) is 57.3 Å². The molecule has 2 unspecified atom stereocenters. The van der Waals surface area contributed by atoms with Gasteiger partial charge in [0, 0.05) is 30.4 Å². The topological polar surface area (TPSA) is 29.9 Å². The lowest BCUT2D eigenvalue weighted by Gasteiger charge is -2.21. The molecule has 1 fully saturated rings. The lowest BCUT2D eigenvalue weighted by atomic mass is 9.91. The minimum absolute atomic E-state index is 0.405. The second-order valence-electron chi connectivity index (χ2n) is 6.30. The van der Waals surface area contributed by atoms with E-state index in [9.17, 15) is 0 Å². The van der Waals surface area contributed by atoms with Gasteiger partial charge in [-0.1, -0.05) is 13.8 Å². The van der Waals surface area contributed by atoms with E-state index in [2.05, 4.69) is 38.1 Å². The zero-order valence-electron chi connectivity index (χ0n) is 11.7. The van der Waals surface area contributed by atoms with Gasteiger partial charge in [-0.15, -0.1) is 0 Å². The lowest BCUT2D eigenvalue weighted by molar-refractivity contribution is 0.356. The maximum atomic E-state index is 4.32. The van der Waals surface area contributed by atoms with Crippen LogP contribution in [-0.4, -0.2) is 15.8 Å². The molecule has 3 nitrogen and oxygen atoms in total. The van der Waals surface area contributed by atoms with Gasteiger partial charge in [0.15, 0.2) is 0 Å². The summed E-state index contributed by atoms with van der Waals surface area (Å²) < 4.78 is 1.95. The molecule has 0 aromatic carbocycles. The van der Waals surface area contributed by atoms with Crippen molar-refractivity contribution in [2.75, 3.05) is 0 Å². The third-order valence-corrected chi connectivity index (χ3v) is 4.19. The monoisotopic (exact) mass is 235 g/mol. The fraction of sp³-hybridized carbons (Fsp3) is 0.786. The Morgan fingerprint density at radius 3 is 2.71 bits per heavy atom. The van der Waals surface area contributed by atoms with Crippen LogP contribution in [0.3, 0.4) is 0 Å². The van der Waals surface area contributed by atoms with Crippen LogP contribution in [0.5, 0.6) is 0 Å². The molecule has 1 aromatic heterocycles. The molecular formula is C14H25N3. The standard InChI is InChI=1S/C14H25N3/c1-10(13-9-15-17(5)11(13)2)16-12-6-7-14(3,4)8-12/h9-10,12,16H,6-8H2,1-5H3. The van der Waals surface area contributed by atoms with Crippen LogP contribution < -0.4 is 5.32 Å². The summed E-state index contributed by atoms with van der Waals surface area (Å²) in [5.74, 6) is 0. The first-order valence-corrected chi connectivity index (χ1v) is 6.63. The van der Waals surface area contributed by atoms with Crippen molar-refractivity contribution < 1.29 is 0 Å². The maximum Gasteiger partial charge on any atom is 0.0540 e. The van der Waals surface area contributed by atoms with Gasteiger partial charge in [0.25, 0.3) is 0 Å². The van der Waals surface area contributed by atoms with Gasteiger partial charge in [-0.25, -0.2) is 0 Å². The molecule has 17 heavy (non-hydrogen) atoms. The Morgan fingerprint density at radius 1 is 1.53 bits per heavy atom. The van der Waals surface area contributed by atoms with Gasteiger partial charge in [-0.2, -0.15) is 5.10 Å². The molecular weight excluding hydrogens is 210 g/mol. The number of nitrogens with one attached hydrogen (secondary N) is 1. The van der Waals surface area contributed by atoms with Crippen LogP contribution >= 0.6 is 0 Å². The molecule has 2 rings (SSSR count). The molecule has 0 saturated heterocycles. The molecule has 0 bridgehead atoms. The Balaban J connectivity index is 1.98. The number of aryl methyl sites for hydroxylation is 1. The van der Waals surface area contributed by atoms with E-state index in [-0.39, 0.29) is 0 Å². The average Bonchev–Trinajstić information content (AvgIpc) is 2.72. The first-order valence-electron chi connectivity index (χ1n) is 6.63. The quantitative estimate of drug-likeness (QED) is 0.873. The predicted molar refractivity (Wildman–Crippen MR) is 70.9 cm³/mol. The Hall–Kier alpha value is -0.830. The SMILES string of the molecule is Cc1c(C(C)NC2CCC(C)(C)C2)cnn1C. The highest BCUT2D eigenvalue weighted by Crippen LogP contribution is 2.37. The van der Waals surface area contributed by atoms with Crippen molar-refractivity contribution in [2.24, 2.45) is 12.5 Å². The number of hydrogen-bond donors (Lipinski definition) is 1. The Labute approximate surface area is 105 Å². The van der Waals surface area contributed by atoms with Crippen molar-refractivity contribution in [1.29, 1.82) is 0 Å². The highest BCUT2D eigenvalue weighted by molar-refractivity contribution is 5.20. The number of rotatable bonds is 3. The fourth-order valence-electron chi connectivity index (χ4n) is 2.96. The maximum absolute atomic E-state index is 4.32. The van der Waals surface area contributed by atoms with Gasteiger partial charge in [0.05, 0.1) is 6.20 Å². The molecule has 1 N–H and O–H groups in total. The zero-order chi connectivity index (χ0) is 12.6. The van der Waals surface area contributed by atoms with Crippen LogP contribution in [-0.2, 0) is 7.05 Å². The minimum Gasteiger partial charge on any atom is -0.307 e. The minimum atomic E-state index is 0.405. The summed E-state index contributed by atoms with van der Waals surface area (Å²) in [4.78, 5) is 0. The van der Waals surface area contributed by atoms with Gasteiger partial charge in [-0.05, 0) is 38.5 Å². The van der Waals surface area contributed by atoms with Crippen LogP contribution in [0.2, 0.25) is 0 Å². The van der Waals surface area contributed by atoms with Crippen molar-refractivity contribution in [1.82, 2.24) is 15.1 Å². The highest BCUT2D eigenvalue weighted by atomic mass is 15.3. The first-order chi connectivity index (χ1) is 7.89. The first kappa shape index (κ1) is 12.6. The van der Waals surface area contributed by atoms with E-state index >= 15 is 0 Å². The largest absolute Gasteiger partial charge is 0.307 e. The molecule has 0 amide bonds. The van der Waals surface area contributed by atoms with Gasteiger partial charge >= 0.3 is 0 Å². The van der Waals surface area contributed by atoms with Gasteiger partial charge in [-0.3, -0.25) is 4.68 Å². The van der Waals surface area contributed by atoms with Crippen LogP contribution in [0, 0.1) is 12.3 Å². The third kappa shape index (κ3) is 2.71. The van der Waals surface area contributed by atoms with Crippen LogP contribution in [0.25, 0.3) is 0 Å². The number of nitrogens with zero attached hydrogens (tertiary/aromatic N) is 2. The average molecular weight is 235 g/mol. The van der Waals surface area contributed by atoms with Gasteiger partial charge < -0.3 is 5.32 Å². The summed E-state index contributed by atoms with van der Waals surface area (Å²) >= 11 is 0. The van der Waals surface area contributed by atoms with Crippen molar-refractivity contribution in [2.45, 2.75) is 59.0 Å². The third-order valence-electron chi connectivity index (χ3n) is 4.19. The van der Waals surface area contributed by atoms with Crippen molar-refractivity contribution in [3.05, 3.63) is 17.5 Å². The van der Waals surface area contributed by atoms with Crippen LogP contribution in [0.4, 0.5) is 0 Å². The second-order valence-corrected chi connectivity index (χ2v) is 6.30. The molecule has 0 spiro atoms. The summed E-state index contributed by atoms with van der Waals surface area (Å²) in [6.45, 7) is 9.12. The van der Waals surface area contributed by atoms with E-state index in [0.717, 1.165) is 0 Å². The molecule has 0 aliphatic heterocycles. The molecule has 1 aromatic rings. The summed E-state index contributed by atoms with van der Waals surface area (Å²) in [6.07, 6.45) is 5.92. The van der Waals surface area contributed by atoms with Gasteiger partial charge in [0.1, 0.15) is 0 Å². The van der Waals surface area contributed by atoms with Crippen LogP contribution in [0.15, 0.2) is 6.20 Å². The normalized spacial score (nSPS) is 25.1.